The van der Waals surface area contributed by atoms with Gasteiger partial charge in [-0.1, -0.05) is 20.8 Å². The highest BCUT2D eigenvalue weighted by Gasteiger charge is 2.33. The molecule has 0 aliphatic rings. The molecule has 1 heterocycles. The molecule has 0 fully saturated rings. The molecule has 0 aliphatic heterocycles. The molecule has 0 amide bonds. The molecule has 1 rings (SSSR count). The molecule has 1 aromatic rings. The zero-order valence-corrected chi connectivity index (χ0v) is 7.93. The first kappa shape index (κ1) is 9.70. The van der Waals surface area contributed by atoms with Crippen LogP contribution in [0.15, 0.2) is 12.7 Å². The topological polar surface area (TPSA) is 68.0 Å². The van der Waals surface area contributed by atoms with E-state index in [-0.39, 0.29) is 5.41 Å². The first-order valence-electron chi connectivity index (χ1n) is 4.00. The van der Waals surface area contributed by atoms with Crippen molar-refractivity contribution >= 4 is 5.97 Å². The van der Waals surface area contributed by atoms with Gasteiger partial charge >= 0.3 is 5.97 Å². The summed E-state index contributed by atoms with van der Waals surface area (Å²) in [4.78, 5) is 14.7. The van der Waals surface area contributed by atoms with E-state index in [2.05, 4.69) is 10.1 Å². The van der Waals surface area contributed by atoms with Gasteiger partial charge in [-0.2, -0.15) is 5.10 Å². The van der Waals surface area contributed by atoms with Gasteiger partial charge in [0.25, 0.3) is 0 Å². The molecule has 0 aliphatic carbocycles. The van der Waals surface area contributed by atoms with E-state index >= 15 is 0 Å². The van der Waals surface area contributed by atoms with Crippen molar-refractivity contribution in [2.24, 2.45) is 5.41 Å². The van der Waals surface area contributed by atoms with Gasteiger partial charge in [0, 0.05) is 0 Å². The molecule has 0 saturated heterocycles. The Morgan fingerprint density at radius 1 is 1.54 bits per heavy atom. The molecule has 1 unspecified atom stereocenters. The van der Waals surface area contributed by atoms with E-state index in [1.165, 1.54) is 17.3 Å². The molecular weight excluding hydrogens is 170 g/mol. The average molecular weight is 183 g/mol. The van der Waals surface area contributed by atoms with Gasteiger partial charge in [-0.25, -0.2) is 14.5 Å². The van der Waals surface area contributed by atoms with Gasteiger partial charge in [-0.15, -0.1) is 0 Å². The summed E-state index contributed by atoms with van der Waals surface area (Å²) in [5, 5.41) is 12.8. The number of carbonyl (C=O) groups is 1. The third-order valence-electron chi connectivity index (χ3n) is 1.76. The van der Waals surface area contributed by atoms with Crippen LogP contribution in [0.4, 0.5) is 0 Å². The number of hydrogen-bond donors (Lipinski definition) is 1. The molecule has 1 aromatic heterocycles. The second kappa shape index (κ2) is 3.16. The molecule has 0 radical (unpaired) electrons. The lowest BCUT2D eigenvalue weighted by molar-refractivity contribution is -0.144. The molecule has 13 heavy (non-hydrogen) atoms. The molecular formula is C8H13N3O2. The van der Waals surface area contributed by atoms with E-state index in [4.69, 9.17) is 5.11 Å². The number of carboxylic acids is 1. The molecule has 0 saturated carbocycles. The van der Waals surface area contributed by atoms with Crippen molar-refractivity contribution in [3.05, 3.63) is 12.7 Å². The minimum atomic E-state index is -0.891. The van der Waals surface area contributed by atoms with Crippen molar-refractivity contribution in [3.8, 4) is 0 Å². The smallest absolute Gasteiger partial charge is 0.329 e. The Balaban J connectivity index is 3.01. The lowest BCUT2D eigenvalue weighted by atomic mass is 9.87. The van der Waals surface area contributed by atoms with Crippen molar-refractivity contribution < 1.29 is 9.90 Å². The van der Waals surface area contributed by atoms with Gasteiger partial charge in [0.05, 0.1) is 0 Å². The Labute approximate surface area is 76.4 Å². The van der Waals surface area contributed by atoms with Crippen LogP contribution in [0.1, 0.15) is 26.8 Å². The van der Waals surface area contributed by atoms with Crippen LogP contribution in [-0.2, 0) is 4.79 Å². The van der Waals surface area contributed by atoms with Crippen LogP contribution in [-0.4, -0.2) is 25.8 Å². The number of aliphatic carboxylic acids is 1. The summed E-state index contributed by atoms with van der Waals surface area (Å²) >= 11 is 0. The third-order valence-corrected chi connectivity index (χ3v) is 1.76. The average Bonchev–Trinajstić information content (AvgIpc) is 2.34. The van der Waals surface area contributed by atoms with Crippen LogP contribution < -0.4 is 0 Å². The number of hydrogen-bond acceptors (Lipinski definition) is 3. The maximum absolute atomic E-state index is 11.0. The minimum absolute atomic E-state index is 0.375. The van der Waals surface area contributed by atoms with Gasteiger partial charge in [0.15, 0.2) is 6.04 Å². The number of aromatic nitrogens is 3. The summed E-state index contributed by atoms with van der Waals surface area (Å²) in [6.45, 7) is 5.56. The monoisotopic (exact) mass is 183 g/mol. The molecule has 0 bridgehead atoms. The van der Waals surface area contributed by atoms with Gasteiger partial charge in [-0.3, -0.25) is 0 Å². The SMILES string of the molecule is CC(C)(C)C(C(=O)O)n1cncn1. The van der Waals surface area contributed by atoms with Crippen molar-refractivity contribution in [1.82, 2.24) is 14.8 Å². The fourth-order valence-electron chi connectivity index (χ4n) is 1.23. The molecule has 1 atom stereocenters. The molecule has 5 nitrogen and oxygen atoms in total. The quantitative estimate of drug-likeness (QED) is 0.741. The zero-order chi connectivity index (χ0) is 10.1. The van der Waals surface area contributed by atoms with Gasteiger partial charge < -0.3 is 5.11 Å². The Hall–Kier alpha value is -1.39. The molecule has 5 heteroatoms. The summed E-state index contributed by atoms with van der Waals surface area (Å²) in [7, 11) is 0. The summed E-state index contributed by atoms with van der Waals surface area (Å²) in [6, 6.07) is -0.671. The zero-order valence-electron chi connectivity index (χ0n) is 7.93. The number of nitrogens with zero attached hydrogens (tertiary/aromatic N) is 3. The van der Waals surface area contributed by atoms with E-state index < -0.39 is 12.0 Å². The van der Waals surface area contributed by atoms with Gasteiger partial charge in [0.2, 0.25) is 0 Å². The lowest BCUT2D eigenvalue weighted by Gasteiger charge is -2.26. The summed E-state index contributed by atoms with van der Waals surface area (Å²) < 4.78 is 1.36. The Bertz CT molecular complexity index is 287. The van der Waals surface area contributed by atoms with E-state index in [1.807, 2.05) is 20.8 Å². The van der Waals surface area contributed by atoms with Crippen molar-refractivity contribution in [3.63, 3.8) is 0 Å². The van der Waals surface area contributed by atoms with E-state index in [1.54, 1.807) is 0 Å². The molecule has 1 N–H and O–H groups in total. The Morgan fingerprint density at radius 3 is 2.46 bits per heavy atom. The molecule has 0 spiro atoms. The highest BCUT2D eigenvalue weighted by molar-refractivity contribution is 5.72. The van der Waals surface area contributed by atoms with E-state index in [0.29, 0.717) is 0 Å². The fourth-order valence-corrected chi connectivity index (χ4v) is 1.23. The third kappa shape index (κ3) is 2.05. The van der Waals surface area contributed by atoms with E-state index in [0.717, 1.165) is 0 Å². The normalized spacial score (nSPS) is 14.1. The van der Waals surface area contributed by atoms with E-state index in [9.17, 15) is 4.79 Å². The highest BCUT2D eigenvalue weighted by atomic mass is 16.4. The van der Waals surface area contributed by atoms with Crippen molar-refractivity contribution in [2.75, 3.05) is 0 Å². The van der Waals surface area contributed by atoms with Crippen LogP contribution in [0.5, 0.6) is 0 Å². The van der Waals surface area contributed by atoms with Crippen LogP contribution in [0.2, 0.25) is 0 Å². The second-order valence-corrected chi connectivity index (χ2v) is 3.98. The molecule has 72 valence electrons. The highest BCUT2D eigenvalue weighted by Crippen LogP contribution is 2.29. The van der Waals surface area contributed by atoms with Gasteiger partial charge in [0.1, 0.15) is 12.7 Å². The standard InChI is InChI=1S/C8H13N3O2/c1-8(2,3)6(7(12)13)11-5-9-4-10-11/h4-6H,1-3H3,(H,12,13). The summed E-state index contributed by atoms with van der Waals surface area (Å²) in [5.74, 6) is -0.891. The first-order chi connectivity index (χ1) is 5.93. The summed E-state index contributed by atoms with van der Waals surface area (Å²) in [5.41, 5.74) is -0.375. The van der Waals surface area contributed by atoms with Crippen LogP contribution in [0.3, 0.4) is 0 Å². The van der Waals surface area contributed by atoms with Crippen LogP contribution >= 0.6 is 0 Å². The summed E-state index contributed by atoms with van der Waals surface area (Å²) in [6.07, 6.45) is 2.76. The second-order valence-electron chi connectivity index (χ2n) is 3.98. The van der Waals surface area contributed by atoms with Crippen molar-refractivity contribution in [1.29, 1.82) is 0 Å². The maximum atomic E-state index is 11.0. The predicted octanol–water partition coefficient (Wildman–Crippen LogP) is 0.950. The Kier molecular flexibility index (Phi) is 2.36. The molecule has 0 aromatic carbocycles. The van der Waals surface area contributed by atoms with Gasteiger partial charge in [-0.05, 0) is 5.41 Å². The van der Waals surface area contributed by atoms with Crippen LogP contribution in [0.25, 0.3) is 0 Å². The minimum Gasteiger partial charge on any atom is -0.480 e. The fraction of sp³-hybridized carbons (Fsp3) is 0.625. The van der Waals surface area contributed by atoms with Crippen LogP contribution in [0, 0.1) is 5.41 Å². The first-order valence-corrected chi connectivity index (χ1v) is 4.00. The largest absolute Gasteiger partial charge is 0.480 e. The Morgan fingerprint density at radius 2 is 2.15 bits per heavy atom. The predicted molar refractivity (Wildman–Crippen MR) is 46.1 cm³/mol. The van der Waals surface area contributed by atoms with Crippen molar-refractivity contribution in [2.45, 2.75) is 26.8 Å². The number of carboxylic acid groups (broad SMARTS) is 1. The maximum Gasteiger partial charge on any atom is 0.329 e. The number of rotatable bonds is 2. The lowest BCUT2D eigenvalue weighted by Crippen LogP contribution is -2.31.